The number of aromatic amines is 1. The first-order valence-corrected chi connectivity index (χ1v) is 6.57. The molecule has 6 nitrogen and oxygen atoms in total. The van der Waals surface area contributed by atoms with Crippen molar-refractivity contribution in [1.29, 1.82) is 0 Å². The molecule has 2 atom stereocenters. The van der Waals surface area contributed by atoms with Gasteiger partial charge in [0, 0.05) is 45.8 Å². The highest BCUT2D eigenvalue weighted by molar-refractivity contribution is 5.30. The van der Waals surface area contributed by atoms with E-state index in [1.807, 2.05) is 0 Å². The third kappa shape index (κ3) is 3.43. The summed E-state index contributed by atoms with van der Waals surface area (Å²) < 4.78 is 5.13. The van der Waals surface area contributed by atoms with Gasteiger partial charge in [-0.2, -0.15) is 4.98 Å². The lowest BCUT2D eigenvalue weighted by Crippen LogP contribution is -2.49. The van der Waals surface area contributed by atoms with Gasteiger partial charge in [-0.15, -0.1) is 5.10 Å². The van der Waals surface area contributed by atoms with E-state index < -0.39 is 0 Å². The molecule has 1 aromatic rings. The highest BCUT2D eigenvalue weighted by Gasteiger charge is 2.19. The highest BCUT2D eigenvalue weighted by Crippen LogP contribution is 2.12. The monoisotopic (exact) mass is 253 g/mol. The molecule has 0 spiro atoms. The fourth-order valence-corrected chi connectivity index (χ4v) is 2.31. The van der Waals surface area contributed by atoms with Crippen LogP contribution >= 0.6 is 0 Å². The van der Waals surface area contributed by atoms with Crippen molar-refractivity contribution in [2.75, 3.05) is 38.3 Å². The summed E-state index contributed by atoms with van der Waals surface area (Å²) in [5, 5.41) is 10.8. The highest BCUT2D eigenvalue weighted by atomic mass is 16.5. The van der Waals surface area contributed by atoms with Gasteiger partial charge in [-0.3, -0.25) is 5.10 Å². The SMILES string of the molecule is COCC(C)Cc1nc(N2CCN[C@H](C)C2)n[nH]1. The molecule has 6 heteroatoms. The lowest BCUT2D eigenvalue weighted by atomic mass is 10.1. The molecule has 1 saturated heterocycles. The van der Waals surface area contributed by atoms with Crippen molar-refractivity contribution < 1.29 is 4.74 Å². The molecular formula is C12H23N5O. The van der Waals surface area contributed by atoms with Crippen molar-refractivity contribution in [3.8, 4) is 0 Å². The number of H-pyrrole nitrogens is 1. The second-order valence-corrected chi connectivity index (χ2v) is 5.15. The van der Waals surface area contributed by atoms with Crippen LogP contribution in [0.5, 0.6) is 0 Å². The first kappa shape index (κ1) is 13.3. The summed E-state index contributed by atoms with van der Waals surface area (Å²) in [5.74, 6) is 2.22. The molecule has 102 valence electrons. The molecule has 1 aliphatic rings. The number of nitrogens with zero attached hydrogens (tertiary/aromatic N) is 3. The quantitative estimate of drug-likeness (QED) is 0.796. The van der Waals surface area contributed by atoms with E-state index in [0.717, 1.165) is 44.4 Å². The third-order valence-electron chi connectivity index (χ3n) is 3.16. The predicted molar refractivity (Wildman–Crippen MR) is 70.8 cm³/mol. The van der Waals surface area contributed by atoms with Crippen LogP contribution in [0.3, 0.4) is 0 Å². The second-order valence-electron chi connectivity index (χ2n) is 5.15. The maximum Gasteiger partial charge on any atom is 0.244 e. The molecule has 2 heterocycles. The van der Waals surface area contributed by atoms with E-state index in [9.17, 15) is 0 Å². The van der Waals surface area contributed by atoms with Crippen LogP contribution < -0.4 is 10.2 Å². The number of nitrogens with one attached hydrogen (secondary N) is 2. The molecule has 0 radical (unpaired) electrons. The molecule has 0 amide bonds. The van der Waals surface area contributed by atoms with Gasteiger partial charge in [0.1, 0.15) is 5.82 Å². The van der Waals surface area contributed by atoms with Gasteiger partial charge >= 0.3 is 0 Å². The number of methoxy groups -OCH3 is 1. The standard InChI is InChI=1S/C12H23N5O/c1-9(8-18-3)6-11-14-12(16-15-11)17-5-4-13-10(2)7-17/h9-10,13H,4-8H2,1-3H3,(H,14,15,16)/t9?,10-/m1/s1. The van der Waals surface area contributed by atoms with E-state index in [2.05, 4.69) is 39.2 Å². The molecule has 2 rings (SSSR count). The average Bonchev–Trinajstić information content (AvgIpc) is 2.78. The Morgan fingerprint density at radius 2 is 2.39 bits per heavy atom. The summed E-state index contributed by atoms with van der Waals surface area (Å²) in [6, 6.07) is 0.494. The lowest BCUT2D eigenvalue weighted by Gasteiger charge is -2.30. The second kappa shape index (κ2) is 6.15. The number of hydrogen-bond acceptors (Lipinski definition) is 5. The third-order valence-corrected chi connectivity index (χ3v) is 3.16. The van der Waals surface area contributed by atoms with Crippen molar-refractivity contribution in [2.45, 2.75) is 26.3 Å². The summed E-state index contributed by atoms with van der Waals surface area (Å²) in [6.07, 6.45) is 0.877. The molecule has 1 aromatic heterocycles. The van der Waals surface area contributed by atoms with Crippen molar-refractivity contribution in [2.24, 2.45) is 5.92 Å². The Morgan fingerprint density at radius 1 is 1.56 bits per heavy atom. The fraction of sp³-hybridized carbons (Fsp3) is 0.833. The van der Waals surface area contributed by atoms with Gasteiger partial charge in [0.15, 0.2) is 0 Å². The normalized spacial score (nSPS) is 22.2. The minimum Gasteiger partial charge on any atom is -0.384 e. The Kier molecular flexibility index (Phi) is 4.54. The van der Waals surface area contributed by atoms with Gasteiger partial charge in [0.2, 0.25) is 5.95 Å². The Labute approximate surface area is 108 Å². The zero-order valence-corrected chi connectivity index (χ0v) is 11.4. The molecule has 0 aliphatic carbocycles. The predicted octanol–water partition coefficient (Wildman–Crippen LogP) is 0.428. The topological polar surface area (TPSA) is 66.1 Å². The lowest BCUT2D eigenvalue weighted by molar-refractivity contribution is 0.159. The Hall–Kier alpha value is -1.14. The van der Waals surface area contributed by atoms with Crippen LogP contribution in [0, 0.1) is 5.92 Å². The minimum absolute atomic E-state index is 0.456. The van der Waals surface area contributed by atoms with E-state index in [0.29, 0.717) is 12.0 Å². The van der Waals surface area contributed by atoms with Crippen LogP contribution in [-0.4, -0.2) is 54.6 Å². The summed E-state index contributed by atoms with van der Waals surface area (Å²) >= 11 is 0. The van der Waals surface area contributed by atoms with Crippen molar-refractivity contribution in [3.05, 3.63) is 5.82 Å². The summed E-state index contributed by atoms with van der Waals surface area (Å²) in [7, 11) is 1.73. The van der Waals surface area contributed by atoms with E-state index in [-0.39, 0.29) is 0 Å². The Balaban J connectivity index is 1.92. The van der Waals surface area contributed by atoms with Gasteiger partial charge in [-0.25, -0.2) is 0 Å². The largest absolute Gasteiger partial charge is 0.384 e. The fourth-order valence-electron chi connectivity index (χ4n) is 2.31. The molecule has 0 saturated carbocycles. The van der Waals surface area contributed by atoms with E-state index in [1.165, 1.54) is 0 Å². The van der Waals surface area contributed by atoms with E-state index in [4.69, 9.17) is 4.74 Å². The molecule has 1 unspecified atom stereocenters. The maximum atomic E-state index is 5.13. The number of rotatable bonds is 5. The molecule has 0 bridgehead atoms. The summed E-state index contributed by atoms with van der Waals surface area (Å²) in [5.41, 5.74) is 0. The minimum atomic E-state index is 0.456. The Morgan fingerprint density at radius 3 is 3.11 bits per heavy atom. The van der Waals surface area contributed by atoms with E-state index >= 15 is 0 Å². The molecule has 1 fully saturated rings. The Bertz CT molecular complexity index is 367. The number of aromatic nitrogens is 3. The van der Waals surface area contributed by atoms with Crippen molar-refractivity contribution in [1.82, 2.24) is 20.5 Å². The van der Waals surface area contributed by atoms with Crippen LogP contribution in [0.15, 0.2) is 0 Å². The van der Waals surface area contributed by atoms with Gasteiger partial charge in [0.05, 0.1) is 0 Å². The molecule has 0 aromatic carbocycles. The molecule has 18 heavy (non-hydrogen) atoms. The number of ether oxygens (including phenoxy) is 1. The van der Waals surface area contributed by atoms with E-state index in [1.54, 1.807) is 7.11 Å². The van der Waals surface area contributed by atoms with Crippen molar-refractivity contribution in [3.63, 3.8) is 0 Å². The van der Waals surface area contributed by atoms with Crippen LogP contribution in [-0.2, 0) is 11.2 Å². The van der Waals surface area contributed by atoms with Gasteiger partial charge < -0.3 is 15.0 Å². The van der Waals surface area contributed by atoms with Crippen molar-refractivity contribution >= 4 is 5.95 Å². The number of anilines is 1. The molecule has 1 aliphatic heterocycles. The summed E-state index contributed by atoms with van der Waals surface area (Å²) in [6.45, 7) is 8.00. The van der Waals surface area contributed by atoms with Crippen LogP contribution in [0.2, 0.25) is 0 Å². The van der Waals surface area contributed by atoms with Gasteiger partial charge in [0.25, 0.3) is 0 Å². The zero-order valence-electron chi connectivity index (χ0n) is 11.4. The van der Waals surface area contributed by atoms with Crippen LogP contribution in [0.4, 0.5) is 5.95 Å². The first-order chi connectivity index (χ1) is 8.69. The number of hydrogen-bond donors (Lipinski definition) is 2. The maximum absolute atomic E-state index is 5.13. The molecule has 2 N–H and O–H groups in total. The smallest absolute Gasteiger partial charge is 0.244 e. The summed E-state index contributed by atoms with van der Waals surface area (Å²) in [4.78, 5) is 6.79. The van der Waals surface area contributed by atoms with Crippen LogP contribution in [0.25, 0.3) is 0 Å². The van der Waals surface area contributed by atoms with Gasteiger partial charge in [-0.05, 0) is 12.8 Å². The van der Waals surface area contributed by atoms with Gasteiger partial charge in [-0.1, -0.05) is 6.92 Å². The van der Waals surface area contributed by atoms with Crippen LogP contribution in [0.1, 0.15) is 19.7 Å². The average molecular weight is 253 g/mol. The number of piperazine rings is 1. The zero-order chi connectivity index (χ0) is 13.0. The molecular weight excluding hydrogens is 230 g/mol. The first-order valence-electron chi connectivity index (χ1n) is 6.57.